The van der Waals surface area contributed by atoms with Crippen LogP contribution >= 0.6 is 38.5 Å². The summed E-state index contributed by atoms with van der Waals surface area (Å²) in [5.74, 6) is 0. The first-order valence-corrected chi connectivity index (χ1v) is 5.25. The molecule has 1 rings (SSSR count). The van der Waals surface area contributed by atoms with Crippen LogP contribution in [0.3, 0.4) is 0 Å². The lowest BCUT2D eigenvalue weighted by Crippen LogP contribution is -1.83. The van der Waals surface area contributed by atoms with Crippen molar-refractivity contribution in [2.45, 2.75) is 12.3 Å². The molecule has 0 N–H and O–H groups in total. The third-order valence-corrected chi connectivity index (χ3v) is 2.96. The summed E-state index contributed by atoms with van der Waals surface area (Å²) in [4.78, 5) is 0. The molecule has 0 aliphatic rings. The van der Waals surface area contributed by atoms with Crippen LogP contribution < -0.4 is 0 Å². The molecule has 10 heavy (non-hydrogen) atoms. The number of rotatable bonds is 1. The summed E-state index contributed by atoms with van der Waals surface area (Å²) in [6.07, 6.45) is 0. The molecule has 0 spiro atoms. The smallest absolute Gasteiger partial charge is 0.0293 e. The number of benzene rings is 1. The van der Waals surface area contributed by atoms with Crippen molar-refractivity contribution in [2.75, 3.05) is 0 Å². The van der Waals surface area contributed by atoms with Crippen molar-refractivity contribution >= 4 is 38.5 Å². The minimum Gasteiger partial charge on any atom is -0.0876 e. The normalized spacial score (nSPS) is 9.90. The summed E-state index contributed by atoms with van der Waals surface area (Å²) in [6.45, 7) is 2.11. The zero-order chi connectivity index (χ0) is 7.56. The summed E-state index contributed by atoms with van der Waals surface area (Å²) >= 11 is 5.78. The van der Waals surface area contributed by atoms with Gasteiger partial charge in [0.15, 0.2) is 0 Å². The third kappa shape index (κ3) is 1.95. The van der Waals surface area contributed by atoms with Crippen molar-refractivity contribution in [3.63, 3.8) is 0 Å². The van der Waals surface area contributed by atoms with E-state index in [1.54, 1.807) is 0 Å². The average molecular weight is 311 g/mol. The quantitative estimate of drug-likeness (QED) is 0.550. The molecule has 0 aliphatic heterocycles. The van der Waals surface area contributed by atoms with E-state index >= 15 is 0 Å². The first kappa shape index (κ1) is 8.53. The second-order valence-corrected chi connectivity index (χ2v) is 3.95. The summed E-state index contributed by atoms with van der Waals surface area (Å²) in [6, 6.07) is 6.49. The lowest BCUT2D eigenvalue weighted by atomic mass is 10.2. The lowest BCUT2D eigenvalue weighted by Gasteiger charge is -1.99. The molecule has 0 radical (unpaired) electrons. The Morgan fingerprint density at radius 1 is 1.50 bits per heavy atom. The van der Waals surface area contributed by atoms with Gasteiger partial charge in [0, 0.05) is 8.90 Å². The molecule has 2 heteroatoms. The minimum atomic E-state index is 0.950. The maximum atomic E-state index is 3.43. The van der Waals surface area contributed by atoms with Crippen molar-refractivity contribution in [1.29, 1.82) is 0 Å². The second kappa shape index (κ2) is 3.72. The van der Waals surface area contributed by atoms with Crippen LogP contribution in [0.1, 0.15) is 11.1 Å². The van der Waals surface area contributed by atoms with Crippen LogP contribution in [-0.4, -0.2) is 0 Å². The van der Waals surface area contributed by atoms with E-state index in [1.165, 1.54) is 14.7 Å². The van der Waals surface area contributed by atoms with Crippen molar-refractivity contribution in [3.8, 4) is 0 Å². The van der Waals surface area contributed by atoms with E-state index in [0.717, 1.165) is 5.33 Å². The van der Waals surface area contributed by atoms with Crippen LogP contribution in [0.5, 0.6) is 0 Å². The molecule has 0 unspecified atom stereocenters. The van der Waals surface area contributed by atoms with Gasteiger partial charge in [-0.3, -0.25) is 0 Å². The molecule has 0 bridgehead atoms. The van der Waals surface area contributed by atoms with Gasteiger partial charge in [-0.15, -0.1) is 0 Å². The van der Waals surface area contributed by atoms with Crippen LogP contribution in [0, 0.1) is 10.5 Å². The number of halogens is 2. The van der Waals surface area contributed by atoms with E-state index in [1.807, 2.05) is 0 Å². The molecule has 0 saturated carbocycles. The number of hydrogen-bond donors (Lipinski definition) is 0. The predicted octanol–water partition coefficient (Wildman–Crippen LogP) is 3.49. The Kier molecular flexibility index (Phi) is 3.17. The highest BCUT2D eigenvalue weighted by Gasteiger charge is 1.95. The molecule has 0 heterocycles. The summed E-state index contributed by atoms with van der Waals surface area (Å²) in [7, 11) is 0. The Labute approximate surface area is 83.3 Å². The number of alkyl halides is 1. The van der Waals surface area contributed by atoms with E-state index in [9.17, 15) is 0 Å². The van der Waals surface area contributed by atoms with Gasteiger partial charge in [0.2, 0.25) is 0 Å². The topological polar surface area (TPSA) is 0 Å². The standard InChI is InChI=1S/C8H8BrI/c1-6-2-3-7(5-9)8(10)4-6/h2-4H,5H2,1H3. The Bertz CT molecular complexity index is 233. The van der Waals surface area contributed by atoms with E-state index < -0.39 is 0 Å². The van der Waals surface area contributed by atoms with Crippen molar-refractivity contribution in [3.05, 3.63) is 32.9 Å². The van der Waals surface area contributed by atoms with E-state index in [2.05, 4.69) is 63.6 Å². The molecule has 0 amide bonds. The number of hydrogen-bond acceptors (Lipinski definition) is 0. The van der Waals surface area contributed by atoms with Crippen LogP contribution in [0.2, 0.25) is 0 Å². The fourth-order valence-electron chi connectivity index (χ4n) is 0.761. The molecule has 0 atom stereocenters. The molecular formula is C8H8BrI. The van der Waals surface area contributed by atoms with Gasteiger partial charge in [-0.25, -0.2) is 0 Å². The SMILES string of the molecule is Cc1ccc(CBr)c(I)c1. The van der Waals surface area contributed by atoms with E-state index in [4.69, 9.17) is 0 Å². The van der Waals surface area contributed by atoms with Crippen LogP contribution in [-0.2, 0) is 5.33 Å². The van der Waals surface area contributed by atoms with Crippen molar-refractivity contribution in [2.24, 2.45) is 0 Å². The van der Waals surface area contributed by atoms with Gasteiger partial charge in [-0.2, -0.15) is 0 Å². The number of aryl methyl sites for hydroxylation is 1. The zero-order valence-electron chi connectivity index (χ0n) is 5.70. The van der Waals surface area contributed by atoms with Gasteiger partial charge < -0.3 is 0 Å². The zero-order valence-corrected chi connectivity index (χ0v) is 9.44. The van der Waals surface area contributed by atoms with Crippen molar-refractivity contribution in [1.82, 2.24) is 0 Å². The highest BCUT2D eigenvalue weighted by atomic mass is 127. The predicted molar refractivity (Wildman–Crippen MR) is 56.5 cm³/mol. The van der Waals surface area contributed by atoms with Crippen LogP contribution in [0.15, 0.2) is 18.2 Å². The first-order valence-electron chi connectivity index (χ1n) is 3.05. The Hall–Kier alpha value is 0.430. The van der Waals surface area contributed by atoms with Gasteiger partial charge in [-0.05, 0) is 41.1 Å². The fraction of sp³-hybridized carbons (Fsp3) is 0.250. The Balaban J connectivity index is 3.07. The molecule has 54 valence electrons. The molecular weight excluding hydrogens is 303 g/mol. The Morgan fingerprint density at radius 3 is 2.70 bits per heavy atom. The highest BCUT2D eigenvalue weighted by molar-refractivity contribution is 14.1. The molecule has 0 nitrogen and oxygen atoms in total. The third-order valence-electron chi connectivity index (χ3n) is 1.35. The summed E-state index contributed by atoms with van der Waals surface area (Å²) in [5.41, 5.74) is 2.69. The maximum absolute atomic E-state index is 3.43. The minimum absolute atomic E-state index is 0.950. The second-order valence-electron chi connectivity index (χ2n) is 2.23. The molecule has 0 aromatic heterocycles. The Morgan fingerprint density at radius 2 is 2.20 bits per heavy atom. The largest absolute Gasteiger partial charge is 0.0876 e. The molecule has 1 aromatic carbocycles. The average Bonchev–Trinajstić information content (AvgIpc) is 1.88. The molecule has 0 saturated heterocycles. The van der Waals surface area contributed by atoms with E-state index in [0.29, 0.717) is 0 Å². The fourth-order valence-corrected chi connectivity index (χ4v) is 2.64. The first-order chi connectivity index (χ1) is 4.74. The van der Waals surface area contributed by atoms with Gasteiger partial charge >= 0.3 is 0 Å². The summed E-state index contributed by atoms with van der Waals surface area (Å²) in [5, 5.41) is 0.950. The van der Waals surface area contributed by atoms with Gasteiger partial charge in [0.05, 0.1) is 0 Å². The lowest BCUT2D eigenvalue weighted by molar-refractivity contribution is 1.34. The molecule has 0 fully saturated rings. The maximum Gasteiger partial charge on any atom is 0.0293 e. The monoisotopic (exact) mass is 310 g/mol. The van der Waals surface area contributed by atoms with Gasteiger partial charge in [0.1, 0.15) is 0 Å². The highest BCUT2D eigenvalue weighted by Crippen LogP contribution is 2.16. The van der Waals surface area contributed by atoms with Gasteiger partial charge in [0.25, 0.3) is 0 Å². The van der Waals surface area contributed by atoms with E-state index in [-0.39, 0.29) is 0 Å². The van der Waals surface area contributed by atoms with Gasteiger partial charge in [-0.1, -0.05) is 33.6 Å². The summed E-state index contributed by atoms with van der Waals surface area (Å²) < 4.78 is 1.34. The van der Waals surface area contributed by atoms with Crippen LogP contribution in [0.25, 0.3) is 0 Å². The molecule has 0 aliphatic carbocycles. The van der Waals surface area contributed by atoms with Crippen molar-refractivity contribution < 1.29 is 0 Å². The molecule has 1 aromatic rings. The van der Waals surface area contributed by atoms with Crippen LogP contribution in [0.4, 0.5) is 0 Å².